The molecular formula is C32H41ClN6O3. The van der Waals surface area contributed by atoms with Crippen LogP contribution in [0.4, 0.5) is 10.5 Å². The highest BCUT2D eigenvalue weighted by Gasteiger charge is 2.32. The van der Waals surface area contributed by atoms with Crippen molar-refractivity contribution in [2.24, 2.45) is 0 Å². The number of anilines is 1. The van der Waals surface area contributed by atoms with Gasteiger partial charge in [0.25, 0.3) is 5.91 Å². The third-order valence-electron chi connectivity index (χ3n) is 7.86. The molecule has 42 heavy (non-hydrogen) atoms. The Balaban J connectivity index is 1.23. The van der Waals surface area contributed by atoms with Crippen LogP contribution < -0.4 is 10.2 Å². The van der Waals surface area contributed by atoms with Gasteiger partial charge in [0, 0.05) is 69.0 Å². The number of benzene rings is 2. The maximum absolute atomic E-state index is 13.5. The van der Waals surface area contributed by atoms with E-state index >= 15 is 0 Å². The Kier molecular flexibility index (Phi) is 9.38. The summed E-state index contributed by atoms with van der Waals surface area (Å²) in [5.41, 5.74) is 3.01. The number of hydrogen-bond acceptors (Lipinski definition) is 6. The minimum Gasteiger partial charge on any atom is -0.444 e. The summed E-state index contributed by atoms with van der Waals surface area (Å²) in [4.78, 5) is 32.7. The number of piperidine rings is 1. The first-order valence-electron chi connectivity index (χ1n) is 14.8. The Labute approximate surface area is 253 Å². The molecule has 9 nitrogen and oxygen atoms in total. The highest BCUT2D eigenvalue weighted by atomic mass is 35.5. The fourth-order valence-corrected chi connectivity index (χ4v) is 5.79. The van der Waals surface area contributed by atoms with Crippen molar-refractivity contribution >= 4 is 29.3 Å². The molecule has 2 saturated heterocycles. The van der Waals surface area contributed by atoms with E-state index in [1.54, 1.807) is 11.1 Å². The number of hydrogen-bond donors (Lipinski definition) is 1. The lowest BCUT2D eigenvalue weighted by Crippen LogP contribution is -2.48. The summed E-state index contributed by atoms with van der Waals surface area (Å²) < 4.78 is 7.43. The number of carbonyl (C=O) groups excluding carboxylic acids is 2. The topological polar surface area (TPSA) is 82.9 Å². The van der Waals surface area contributed by atoms with Gasteiger partial charge in [0.2, 0.25) is 0 Å². The van der Waals surface area contributed by atoms with Gasteiger partial charge in [-0.25, -0.2) is 9.48 Å². The number of aromatic nitrogens is 2. The average molecular weight is 593 g/mol. The molecule has 3 heterocycles. The normalized spacial score (nSPS) is 16.9. The highest BCUT2D eigenvalue weighted by Crippen LogP contribution is 2.33. The molecule has 0 aliphatic carbocycles. The van der Waals surface area contributed by atoms with Crippen molar-refractivity contribution < 1.29 is 14.3 Å². The van der Waals surface area contributed by atoms with Crippen LogP contribution in [0.5, 0.6) is 0 Å². The molecule has 2 aromatic carbocycles. The Bertz CT molecular complexity index is 1340. The van der Waals surface area contributed by atoms with E-state index < -0.39 is 5.60 Å². The van der Waals surface area contributed by atoms with Gasteiger partial charge < -0.3 is 19.9 Å². The molecule has 1 aromatic heterocycles. The zero-order valence-electron chi connectivity index (χ0n) is 24.8. The number of nitrogens with zero attached hydrogens (tertiary/aromatic N) is 5. The first-order valence-corrected chi connectivity index (χ1v) is 15.2. The van der Waals surface area contributed by atoms with Gasteiger partial charge in [-0.2, -0.15) is 5.10 Å². The van der Waals surface area contributed by atoms with Gasteiger partial charge in [-0.1, -0.05) is 29.8 Å². The zero-order chi connectivity index (χ0) is 29.7. The monoisotopic (exact) mass is 592 g/mol. The van der Waals surface area contributed by atoms with Crippen LogP contribution in [0.25, 0.3) is 5.69 Å². The molecule has 2 aliphatic rings. The maximum Gasteiger partial charge on any atom is 0.410 e. The number of likely N-dealkylation sites (tertiary alicyclic amines) is 1. The zero-order valence-corrected chi connectivity index (χ0v) is 25.5. The second-order valence-electron chi connectivity index (χ2n) is 12.0. The van der Waals surface area contributed by atoms with Crippen LogP contribution in [0.15, 0.2) is 60.8 Å². The van der Waals surface area contributed by atoms with Crippen molar-refractivity contribution in [3.8, 4) is 5.69 Å². The predicted molar refractivity (Wildman–Crippen MR) is 166 cm³/mol. The molecule has 0 atom stereocenters. The molecular weight excluding hydrogens is 552 g/mol. The van der Waals surface area contributed by atoms with E-state index in [0.717, 1.165) is 44.1 Å². The summed E-state index contributed by atoms with van der Waals surface area (Å²) in [5.74, 6) is -0.0589. The summed E-state index contributed by atoms with van der Waals surface area (Å²) in [6.07, 6.45) is 2.79. The summed E-state index contributed by atoms with van der Waals surface area (Å²) in [5, 5.41) is 8.42. The van der Waals surface area contributed by atoms with Gasteiger partial charge in [-0.05, 0) is 70.0 Å². The lowest BCUT2D eigenvalue weighted by Gasteiger charge is -2.36. The van der Waals surface area contributed by atoms with E-state index in [2.05, 4.69) is 44.5 Å². The summed E-state index contributed by atoms with van der Waals surface area (Å²) >= 11 is 6.15. The van der Waals surface area contributed by atoms with Crippen molar-refractivity contribution in [2.75, 3.05) is 57.3 Å². The van der Waals surface area contributed by atoms with E-state index in [4.69, 9.17) is 16.3 Å². The standard InChI is InChI=1S/C32H41ClN6O3/c1-32(2,3)42-31(41)38-16-13-24(14-17-38)29-28(23-35-39(29)27-11-9-25(33)10-12-27)30(40)34-15-18-36-19-21-37(22-20-36)26-7-5-4-6-8-26/h4-12,23-24H,13-22H2,1-3H3,(H,34,40). The third-order valence-corrected chi connectivity index (χ3v) is 8.11. The molecule has 0 spiro atoms. The molecule has 224 valence electrons. The Morgan fingerprint density at radius 1 is 0.929 bits per heavy atom. The molecule has 1 N–H and O–H groups in total. The number of piperazine rings is 1. The second-order valence-corrected chi connectivity index (χ2v) is 12.4. The number of rotatable bonds is 7. The molecule has 0 bridgehead atoms. The van der Waals surface area contributed by atoms with Gasteiger partial charge in [-0.3, -0.25) is 9.69 Å². The molecule has 0 radical (unpaired) electrons. The van der Waals surface area contributed by atoms with Crippen molar-refractivity contribution in [1.29, 1.82) is 0 Å². The second kappa shape index (κ2) is 13.2. The SMILES string of the molecule is CC(C)(C)OC(=O)N1CCC(c2c(C(=O)NCCN3CCN(c4ccccc4)CC3)cnn2-c2ccc(Cl)cc2)CC1. The molecule has 5 rings (SSSR count). The molecule has 3 aromatic rings. The molecule has 10 heteroatoms. The van der Waals surface area contributed by atoms with Crippen LogP contribution in [0.1, 0.15) is 55.6 Å². The predicted octanol–water partition coefficient (Wildman–Crippen LogP) is 5.19. The van der Waals surface area contributed by atoms with Gasteiger partial charge in [0.05, 0.1) is 23.1 Å². The van der Waals surface area contributed by atoms with Crippen LogP contribution in [0.2, 0.25) is 5.02 Å². The number of nitrogens with one attached hydrogen (secondary N) is 1. The van der Waals surface area contributed by atoms with Crippen molar-refractivity contribution in [2.45, 2.75) is 45.1 Å². The van der Waals surface area contributed by atoms with E-state index in [9.17, 15) is 9.59 Å². The Morgan fingerprint density at radius 3 is 2.24 bits per heavy atom. The van der Waals surface area contributed by atoms with Gasteiger partial charge in [0.1, 0.15) is 5.60 Å². The van der Waals surface area contributed by atoms with Crippen LogP contribution in [-0.2, 0) is 4.74 Å². The lowest BCUT2D eigenvalue weighted by atomic mass is 9.91. The minimum absolute atomic E-state index is 0.0636. The quantitative estimate of drug-likeness (QED) is 0.406. The summed E-state index contributed by atoms with van der Waals surface area (Å²) in [7, 11) is 0. The van der Waals surface area contributed by atoms with Crippen LogP contribution in [0, 0.1) is 0 Å². The number of amides is 2. The van der Waals surface area contributed by atoms with Crippen LogP contribution >= 0.6 is 11.6 Å². The first-order chi connectivity index (χ1) is 20.2. The number of ether oxygens (including phenoxy) is 1. The molecule has 0 saturated carbocycles. The number of carbonyl (C=O) groups is 2. The van der Waals surface area contributed by atoms with E-state index in [0.29, 0.717) is 43.1 Å². The smallest absolute Gasteiger partial charge is 0.410 e. The van der Waals surface area contributed by atoms with Crippen LogP contribution in [0.3, 0.4) is 0 Å². The third kappa shape index (κ3) is 7.44. The summed E-state index contributed by atoms with van der Waals surface area (Å²) in [6.45, 7) is 11.9. The van der Waals surface area contributed by atoms with E-state index in [-0.39, 0.29) is 17.9 Å². The molecule has 2 fully saturated rings. The first kappa shape index (κ1) is 29.9. The molecule has 2 amide bonds. The minimum atomic E-state index is -0.540. The van der Waals surface area contributed by atoms with E-state index in [1.807, 2.05) is 55.8 Å². The van der Waals surface area contributed by atoms with E-state index in [1.165, 1.54) is 5.69 Å². The van der Waals surface area contributed by atoms with Crippen molar-refractivity contribution in [1.82, 2.24) is 24.9 Å². The van der Waals surface area contributed by atoms with Crippen molar-refractivity contribution in [3.05, 3.63) is 77.1 Å². The fraction of sp³-hybridized carbons (Fsp3) is 0.469. The van der Waals surface area contributed by atoms with Crippen molar-refractivity contribution in [3.63, 3.8) is 0 Å². The van der Waals surface area contributed by atoms with Gasteiger partial charge in [0.15, 0.2) is 0 Å². The molecule has 0 unspecified atom stereocenters. The van der Waals surface area contributed by atoms with Crippen LogP contribution in [-0.4, -0.2) is 89.5 Å². The Hall–Kier alpha value is -3.56. The Morgan fingerprint density at radius 2 is 1.60 bits per heavy atom. The molecule has 2 aliphatic heterocycles. The number of halogens is 1. The van der Waals surface area contributed by atoms with Gasteiger partial charge >= 0.3 is 6.09 Å². The lowest BCUT2D eigenvalue weighted by molar-refractivity contribution is 0.0203. The van der Waals surface area contributed by atoms with Gasteiger partial charge in [-0.15, -0.1) is 0 Å². The maximum atomic E-state index is 13.5. The largest absolute Gasteiger partial charge is 0.444 e. The average Bonchev–Trinajstić information content (AvgIpc) is 3.43. The summed E-state index contributed by atoms with van der Waals surface area (Å²) in [6, 6.07) is 18.0. The fourth-order valence-electron chi connectivity index (χ4n) is 5.67. The highest BCUT2D eigenvalue weighted by molar-refractivity contribution is 6.30. The number of para-hydroxylation sites is 1.